The first-order valence-corrected chi connectivity index (χ1v) is 4.17. The third-order valence-electron chi connectivity index (χ3n) is 1.46. The van der Waals surface area contributed by atoms with Crippen LogP contribution in [0.3, 0.4) is 0 Å². The van der Waals surface area contributed by atoms with Gasteiger partial charge < -0.3 is 21.1 Å². The van der Waals surface area contributed by atoms with E-state index in [1.54, 1.807) is 0 Å². The zero-order valence-corrected chi connectivity index (χ0v) is 7.38. The van der Waals surface area contributed by atoms with Crippen LogP contribution in [0, 0.1) is 0 Å². The standard InChI is InChI=1S/C7H14N4O2/c8-6(12)5-13-4-3-11-7-9-1-2-10-7/h1-5H2,(H2,8,12)(H2,9,10,11). The highest BCUT2D eigenvalue weighted by molar-refractivity contribution is 5.81. The fraction of sp³-hybridized carbons (Fsp3) is 0.714. The Morgan fingerprint density at radius 2 is 2.62 bits per heavy atom. The molecule has 0 fully saturated rings. The van der Waals surface area contributed by atoms with E-state index < -0.39 is 5.91 Å². The van der Waals surface area contributed by atoms with Gasteiger partial charge >= 0.3 is 0 Å². The Kier molecular flexibility index (Phi) is 4.04. The number of carbonyl (C=O) groups excluding carboxylic acids is 1. The highest BCUT2D eigenvalue weighted by atomic mass is 16.5. The lowest BCUT2D eigenvalue weighted by Gasteiger charge is -2.05. The molecule has 1 rings (SSSR count). The number of amides is 1. The highest BCUT2D eigenvalue weighted by Gasteiger charge is 2.02. The molecule has 1 amide bonds. The lowest BCUT2D eigenvalue weighted by molar-refractivity contribution is -0.122. The topological polar surface area (TPSA) is 88.7 Å². The highest BCUT2D eigenvalue weighted by Crippen LogP contribution is 1.80. The van der Waals surface area contributed by atoms with Crippen molar-refractivity contribution in [2.24, 2.45) is 10.7 Å². The summed E-state index contributed by atoms with van der Waals surface area (Å²) < 4.78 is 4.94. The summed E-state index contributed by atoms with van der Waals surface area (Å²) in [6.45, 7) is 2.74. The molecule has 0 aromatic carbocycles. The number of carbonyl (C=O) groups is 1. The van der Waals surface area contributed by atoms with Crippen molar-refractivity contribution in [1.29, 1.82) is 0 Å². The largest absolute Gasteiger partial charge is 0.370 e. The maximum absolute atomic E-state index is 10.3. The second kappa shape index (κ2) is 5.36. The third kappa shape index (κ3) is 4.32. The maximum atomic E-state index is 10.3. The van der Waals surface area contributed by atoms with Crippen molar-refractivity contribution in [3.05, 3.63) is 0 Å². The van der Waals surface area contributed by atoms with Crippen molar-refractivity contribution in [2.75, 3.05) is 32.8 Å². The van der Waals surface area contributed by atoms with Gasteiger partial charge in [0.25, 0.3) is 0 Å². The number of hydrogen-bond acceptors (Lipinski definition) is 5. The average molecular weight is 186 g/mol. The maximum Gasteiger partial charge on any atom is 0.243 e. The Bertz CT molecular complexity index is 205. The van der Waals surface area contributed by atoms with Crippen molar-refractivity contribution in [2.45, 2.75) is 0 Å². The lowest BCUT2D eigenvalue weighted by atomic mass is 10.6. The van der Waals surface area contributed by atoms with E-state index in [4.69, 9.17) is 10.5 Å². The van der Waals surface area contributed by atoms with Gasteiger partial charge in [0.2, 0.25) is 5.91 Å². The number of ether oxygens (including phenoxy) is 1. The first-order chi connectivity index (χ1) is 6.29. The Labute approximate surface area is 76.5 Å². The summed E-state index contributed by atoms with van der Waals surface area (Å²) in [6, 6.07) is 0. The molecular formula is C7H14N4O2. The van der Waals surface area contributed by atoms with Gasteiger partial charge in [-0.25, -0.2) is 0 Å². The Morgan fingerprint density at radius 1 is 1.77 bits per heavy atom. The number of aliphatic imine (C=N–C) groups is 1. The minimum absolute atomic E-state index is 0.0262. The molecule has 1 aliphatic heterocycles. The van der Waals surface area contributed by atoms with E-state index in [9.17, 15) is 4.79 Å². The van der Waals surface area contributed by atoms with Gasteiger partial charge in [-0.3, -0.25) is 9.79 Å². The average Bonchev–Trinajstić information content (AvgIpc) is 2.55. The summed E-state index contributed by atoms with van der Waals surface area (Å²) in [5, 5.41) is 6.07. The molecule has 4 N–H and O–H groups in total. The molecule has 0 bridgehead atoms. The van der Waals surface area contributed by atoms with Crippen LogP contribution >= 0.6 is 0 Å². The fourth-order valence-corrected chi connectivity index (χ4v) is 0.931. The first-order valence-electron chi connectivity index (χ1n) is 4.17. The van der Waals surface area contributed by atoms with E-state index in [1.165, 1.54) is 0 Å². The van der Waals surface area contributed by atoms with Crippen LogP contribution in [0.25, 0.3) is 0 Å². The minimum atomic E-state index is -0.448. The fourth-order valence-electron chi connectivity index (χ4n) is 0.931. The predicted octanol–water partition coefficient (Wildman–Crippen LogP) is -1.96. The predicted molar refractivity (Wildman–Crippen MR) is 48.3 cm³/mol. The van der Waals surface area contributed by atoms with Crippen molar-refractivity contribution >= 4 is 11.9 Å². The molecule has 0 saturated heterocycles. The summed E-state index contributed by atoms with van der Waals surface area (Å²) in [4.78, 5) is 14.4. The van der Waals surface area contributed by atoms with Crippen LogP contribution in [0.5, 0.6) is 0 Å². The van der Waals surface area contributed by atoms with Crippen LogP contribution in [-0.2, 0) is 9.53 Å². The molecule has 1 heterocycles. The summed E-state index contributed by atoms with van der Waals surface area (Å²) >= 11 is 0. The normalized spacial score (nSPS) is 14.9. The molecule has 6 heteroatoms. The van der Waals surface area contributed by atoms with Crippen LogP contribution in [0.1, 0.15) is 0 Å². The summed E-state index contributed by atoms with van der Waals surface area (Å²) in [5.74, 6) is 0.346. The van der Waals surface area contributed by atoms with Gasteiger partial charge in [0.15, 0.2) is 5.96 Å². The van der Waals surface area contributed by atoms with Gasteiger partial charge in [0.05, 0.1) is 13.2 Å². The van der Waals surface area contributed by atoms with E-state index in [0.717, 1.165) is 19.0 Å². The number of nitrogens with two attached hydrogens (primary N) is 1. The van der Waals surface area contributed by atoms with E-state index >= 15 is 0 Å². The molecule has 0 aromatic heterocycles. The first kappa shape index (κ1) is 9.79. The van der Waals surface area contributed by atoms with Crippen LogP contribution in [-0.4, -0.2) is 44.7 Å². The molecule has 0 aliphatic carbocycles. The number of primary amides is 1. The molecule has 0 radical (unpaired) electrons. The van der Waals surface area contributed by atoms with Crippen molar-refractivity contribution in [3.63, 3.8) is 0 Å². The van der Waals surface area contributed by atoms with Crippen molar-refractivity contribution in [1.82, 2.24) is 10.6 Å². The minimum Gasteiger partial charge on any atom is -0.370 e. The molecule has 0 unspecified atom stereocenters. The number of hydrogen-bond donors (Lipinski definition) is 3. The Morgan fingerprint density at radius 3 is 3.23 bits per heavy atom. The zero-order valence-electron chi connectivity index (χ0n) is 7.38. The number of rotatable bonds is 5. The van der Waals surface area contributed by atoms with E-state index in [2.05, 4.69) is 15.6 Å². The summed E-state index contributed by atoms with van der Waals surface area (Å²) in [6.07, 6.45) is 0. The second-order valence-corrected chi connectivity index (χ2v) is 2.60. The molecular weight excluding hydrogens is 172 g/mol. The number of nitrogens with zero attached hydrogens (tertiary/aromatic N) is 1. The van der Waals surface area contributed by atoms with E-state index in [-0.39, 0.29) is 6.61 Å². The van der Waals surface area contributed by atoms with Gasteiger partial charge in [0, 0.05) is 13.1 Å². The SMILES string of the molecule is NC(=O)COCCNC1=NCCN1. The smallest absolute Gasteiger partial charge is 0.243 e. The zero-order chi connectivity index (χ0) is 9.52. The molecule has 0 saturated carbocycles. The number of nitrogens with one attached hydrogen (secondary N) is 2. The third-order valence-corrected chi connectivity index (χ3v) is 1.46. The molecule has 6 nitrogen and oxygen atoms in total. The number of guanidine groups is 1. The van der Waals surface area contributed by atoms with E-state index in [1.807, 2.05) is 0 Å². The van der Waals surface area contributed by atoms with Crippen molar-refractivity contribution < 1.29 is 9.53 Å². The van der Waals surface area contributed by atoms with E-state index in [0.29, 0.717) is 13.2 Å². The van der Waals surface area contributed by atoms with Crippen LogP contribution in [0.2, 0.25) is 0 Å². The van der Waals surface area contributed by atoms with Crippen LogP contribution in [0.15, 0.2) is 4.99 Å². The molecule has 0 spiro atoms. The second-order valence-electron chi connectivity index (χ2n) is 2.60. The van der Waals surface area contributed by atoms with Gasteiger partial charge in [0.1, 0.15) is 6.61 Å². The quantitative estimate of drug-likeness (QED) is 0.435. The van der Waals surface area contributed by atoms with Gasteiger partial charge in [-0.05, 0) is 0 Å². The molecule has 1 aliphatic rings. The summed E-state index contributed by atoms with van der Waals surface area (Å²) in [5.41, 5.74) is 4.88. The molecule has 0 aromatic rings. The van der Waals surface area contributed by atoms with Gasteiger partial charge in [-0.2, -0.15) is 0 Å². The summed E-state index contributed by atoms with van der Waals surface area (Å²) in [7, 11) is 0. The van der Waals surface area contributed by atoms with Gasteiger partial charge in [-0.15, -0.1) is 0 Å². The van der Waals surface area contributed by atoms with Crippen LogP contribution < -0.4 is 16.4 Å². The Balaban J connectivity index is 1.92. The molecule has 13 heavy (non-hydrogen) atoms. The molecule has 74 valence electrons. The molecule has 0 atom stereocenters. The Hall–Kier alpha value is -1.30. The van der Waals surface area contributed by atoms with Crippen LogP contribution in [0.4, 0.5) is 0 Å². The lowest BCUT2D eigenvalue weighted by Crippen LogP contribution is -2.36. The monoisotopic (exact) mass is 186 g/mol. The van der Waals surface area contributed by atoms with Crippen molar-refractivity contribution in [3.8, 4) is 0 Å². The van der Waals surface area contributed by atoms with Gasteiger partial charge in [-0.1, -0.05) is 0 Å².